The van der Waals surface area contributed by atoms with E-state index in [1.807, 2.05) is 31.2 Å². The number of anilines is 1. The van der Waals surface area contributed by atoms with Crippen molar-refractivity contribution in [1.82, 2.24) is 14.7 Å². The molecule has 12 nitrogen and oxygen atoms in total. The van der Waals surface area contributed by atoms with Gasteiger partial charge in [0.1, 0.15) is 17.3 Å². The molecule has 0 radical (unpaired) electrons. The Morgan fingerprint density at radius 2 is 1.64 bits per heavy atom. The first-order chi connectivity index (χ1) is 27.8. The number of hydrogen-bond donors (Lipinski definition) is 2. The van der Waals surface area contributed by atoms with E-state index in [9.17, 15) is 24.6 Å². The van der Waals surface area contributed by atoms with Gasteiger partial charge < -0.3 is 19.7 Å². The molecule has 6 unspecified atom stereocenters. The van der Waals surface area contributed by atoms with Crippen molar-refractivity contribution in [2.24, 2.45) is 36.1 Å². The van der Waals surface area contributed by atoms with Gasteiger partial charge in [0.05, 0.1) is 42.3 Å². The first kappa shape index (κ1) is 37.9. The molecule has 3 fully saturated rings. The van der Waals surface area contributed by atoms with Crippen LogP contribution < -0.4 is 14.4 Å². The number of carbonyl (C=O) groups is 4. The van der Waals surface area contributed by atoms with E-state index in [0.717, 1.165) is 31.7 Å². The fourth-order valence-electron chi connectivity index (χ4n) is 10.1. The summed E-state index contributed by atoms with van der Waals surface area (Å²) in [6.45, 7) is 3.98. The lowest BCUT2D eigenvalue weighted by Crippen LogP contribution is -2.49. The van der Waals surface area contributed by atoms with Crippen molar-refractivity contribution in [3.63, 3.8) is 0 Å². The van der Waals surface area contributed by atoms with Gasteiger partial charge >= 0.3 is 0 Å². The number of fused-ring (bicyclic) bond motifs is 5. The smallest absolute Gasteiger partial charge is 0.242 e. The Kier molecular flexibility index (Phi) is 8.97. The Hall–Kier alpha value is -5.66. The number of hydrogen-bond acceptors (Lipinski definition) is 10. The Morgan fingerprint density at radius 3 is 2.33 bits per heavy atom. The molecular weight excluding hydrogens is 780 g/mol. The number of carbonyl (C=O) groups excluding carboxylic acids is 4. The van der Waals surface area contributed by atoms with E-state index in [1.54, 1.807) is 72.5 Å². The van der Waals surface area contributed by atoms with Crippen molar-refractivity contribution in [2.45, 2.75) is 39.0 Å². The minimum Gasteiger partial charge on any atom is -0.508 e. The average Bonchev–Trinajstić information content (AvgIpc) is 3.88. The number of thiophene rings is 1. The zero-order valence-electron chi connectivity index (χ0n) is 32.5. The number of nitrogens with zero attached hydrogens (tertiary/aromatic N) is 4. The summed E-state index contributed by atoms with van der Waals surface area (Å²) in [5.41, 5.74) is 2.49. The Morgan fingerprint density at radius 1 is 0.931 bits per heavy atom. The molecule has 4 amide bonds. The maximum atomic E-state index is 15.3. The van der Waals surface area contributed by atoms with Gasteiger partial charge in [-0.15, -0.1) is 11.3 Å². The second-order valence-electron chi connectivity index (χ2n) is 15.9. The van der Waals surface area contributed by atoms with Crippen LogP contribution in [0.25, 0.3) is 20.7 Å². The van der Waals surface area contributed by atoms with E-state index in [4.69, 9.17) is 26.2 Å². The lowest BCUT2D eigenvalue weighted by atomic mass is 9.51. The molecule has 5 aromatic rings. The molecule has 298 valence electrons. The summed E-state index contributed by atoms with van der Waals surface area (Å²) in [7, 11) is 4.55. The van der Waals surface area contributed by atoms with Crippen molar-refractivity contribution in [1.29, 1.82) is 0 Å². The van der Waals surface area contributed by atoms with Gasteiger partial charge in [0.25, 0.3) is 0 Å². The number of methoxy groups -OCH3 is 2. The number of aromatic nitrogens is 2. The fourth-order valence-corrected chi connectivity index (χ4v) is 11.4. The van der Waals surface area contributed by atoms with Crippen molar-refractivity contribution in [3.05, 3.63) is 94.0 Å². The highest BCUT2D eigenvalue weighted by atomic mass is 35.5. The molecule has 9 rings (SSSR count). The number of halogens is 1. The number of aryl methyl sites for hydroxylation is 2. The third kappa shape index (κ3) is 5.49. The minimum atomic E-state index is -1.35. The Labute approximate surface area is 343 Å². The number of phenols is 2. The summed E-state index contributed by atoms with van der Waals surface area (Å²) in [4.78, 5) is 62.2. The molecule has 3 aromatic carbocycles. The summed E-state index contributed by atoms with van der Waals surface area (Å²) in [6.07, 6.45) is 2.87. The normalized spacial score (nSPS) is 25.3. The Balaban J connectivity index is 1.13. The van der Waals surface area contributed by atoms with Crippen LogP contribution in [-0.4, -0.2) is 69.3 Å². The molecule has 4 heterocycles. The predicted molar refractivity (Wildman–Crippen MR) is 218 cm³/mol. The van der Waals surface area contributed by atoms with Gasteiger partial charge in [-0.25, -0.2) is 4.90 Å². The highest BCUT2D eigenvalue weighted by Gasteiger charge is 2.68. The van der Waals surface area contributed by atoms with Crippen LogP contribution in [0.1, 0.15) is 42.4 Å². The van der Waals surface area contributed by atoms with Gasteiger partial charge in [-0.05, 0) is 104 Å². The van der Waals surface area contributed by atoms with Crippen LogP contribution in [0.3, 0.4) is 0 Å². The second-order valence-corrected chi connectivity index (χ2v) is 17.4. The molecule has 0 bridgehead atoms. The molecule has 2 aliphatic carbocycles. The molecule has 2 aliphatic heterocycles. The molecule has 2 aromatic heterocycles. The number of likely N-dealkylation sites (tertiary alicyclic amines) is 1. The Bertz CT molecular complexity index is 2590. The summed E-state index contributed by atoms with van der Waals surface area (Å²) >= 11 is 7.89. The van der Waals surface area contributed by atoms with Crippen LogP contribution in [0.5, 0.6) is 23.0 Å². The third-order valence-corrected chi connectivity index (χ3v) is 14.5. The largest absolute Gasteiger partial charge is 0.508 e. The standard InChI is InChI=1S/C44H41ClN4O8S/c1-21-28-18-24(45)8-13-34(28)58-39(21)31-20-35(47(3)46-31)49-41(53)30-19-29-26(37(44(30,2)43(49)55)23-16-32(56-4)38(51)33(17-23)57-5)11-12-27-36(29)42(54)48(40(27)52)15-14-22-6-9-25(50)10-7-22/h6-11,13,16-18,20,27,29-30,36-37,50-51H,12,14-15,19H2,1-5H3. The molecule has 58 heavy (non-hydrogen) atoms. The average molecular weight is 821 g/mol. The summed E-state index contributed by atoms with van der Waals surface area (Å²) in [5, 5.41) is 27.1. The van der Waals surface area contributed by atoms with E-state index >= 15 is 4.79 Å². The van der Waals surface area contributed by atoms with Crippen molar-refractivity contribution >= 4 is 62.5 Å². The number of phenolic OH excluding ortho intramolecular Hbond substituents is 2. The number of benzene rings is 3. The maximum Gasteiger partial charge on any atom is 0.242 e. The zero-order valence-corrected chi connectivity index (χ0v) is 34.1. The highest BCUT2D eigenvalue weighted by molar-refractivity contribution is 7.22. The topological polar surface area (TPSA) is 151 Å². The quantitative estimate of drug-likeness (QED) is 0.123. The zero-order chi connectivity index (χ0) is 40.9. The first-order valence-corrected chi connectivity index (χ1v) is 20.4. The third-order valence-electron chi connectivity index (χ3n) is 13.0. The van der Waals surface area contributed by atoms with Crippen molar-refractivity contribution in [2.75, 3.05) is 25.7 Å². The predicted octanol–water partition coefficient (Wildman–Crippen LogP) is 7.17. The number of amides is 4. The van der Waals surface area contributed by atoms with Crippen molar-refractivity contribution in [3.8, 4) is 33.6 Å². The minimum absolute atomic E-state index is 0.128. The lowest BCUT2D eigenvalue weighted by molar-refractivity contribution is -0.140. The van der Waals surface area contributed by atoms with Gasteiger partial charge in [0, 0.05) is 35.3 Å². The summed E-state index contributed by atoms with van der Waals surface area (Å²) < 4.78 is 13.7. The molecule has 2 saturated heterocycles. The number of ether oxygens (including phenoxy) is 2. The van der Waals surface area contributed by atoms with E-state index in [2.05, 4.69) is 0 Å². The van der Waals surface area contributed by atoms with E-state index < -0.39 is 46.8 Å². The summed E-state index contributed by atoms with van der Waals surface area (Å²) in [5.74, 6) is -4.39. The number of rotatable bonds is 8. The number of allylic oxidation sites excluding steroid dienone is 2. The molecule has 2 N–H and O–H groups in total. The maximum absolute atomic E-state index is 15.3. The lowest BCUT2D eigenvalue weighted by Gasteiger charge is -2.49. The van der Waals surface area contributed by atoms with Crippen LogP contribution in [0.2, 0.25) is 5.02 Å². The highest BCUT2D eigenvalue weighted by Crippen LogP contribution is 2.64. The molecule has 1 saturated carbocycles. The van der Waals surface area contributed by atoms with Crippen molar-refractivity contribution < 1.29 is 38.9 Å². The van der Waals surface area contributed by atoms with Gasteiger partial charge in [-0.2, -0.15) is 5.10 Å². The van der Waals surface area contributed by atoms with E-state index in [0.29, 0.717) is 28.5 Å². The monoisotopic (exact) mass is 820 g/mol. The second kappa shape index (κ2) is 13.7. The molecule has 4 aliphatic rings. The molecular formula is C44H41ClN4O8S. The van der Waals surface area contributed by atoms with Crippen LogP contribution in [0.4, 0.5) is 5.82 Å². The fraction of sp³-hybridized carbons (Fsp3) is 0.341. The van der Waals surface area contributed by atoms with E-state index in [-0.39, 0.29) is 54.2 Å². The van der Waals surface area contributed by atoms with Crippen LogP contribution in [0, 0.1) is 36.0 Å². The number of aromatic hydroxyl groups is 2. The van der Waals surface area contributed by atoms with Gasteiger partial charge in [0.2, 0.25) is 29.4 Å². The van der Waals surface area contributed by atoms with Crippen LogP contribution in [0.15, 0.2) is 72.3 Å². The van der Waals surface area contributed by atoms with E-state index in [1.165, 1.54) is 24.0 Å². The van der Waals surface area contributed by atoms with Gasteiger partial charge in [-0.1, -0.05) is 35.4 Å². The molecule has 14 heteroatoms. The van der Waals surface area contributed by atoms with Crippen LogP contribution >= 0.6 is 22.9 Å². The first-order valence-electron chi connectivity index (χ1n) is 19.2. The van der Waals surface area contributed by atoms with Gasteiger partial charge in [0.15, 0.2) is 11.5 Å². The molecule has 6 atom stereocenters. The number of imide groups is 2. The summed E-state index contributed by atoms with van der Waals surface area (Å²) in [6, 6.07) is 17.5. The van der Waals surface area contributed by atoms with Gasteiger partial charge in [-0.3, -0.25) is 28.8 Å². The SMILES string of the molecule is COc1cc(C2C3=CCC4C(=O)N(CCc5ccc(O)cc5)C(=O)C4C3CC3C(=O)N(c4cc(-c5sc6ccc(Cl)cc6c5C)nn4C)C(=O)C32C)cc(OC)c1O. The molecule has 0 spiro atoms. The van der Waals surface area contributed by atoms with Crippen LogP contribution in [-0.2, 0) is 32.6 Å².